The van der Waals surface area contributed by atoms with Gasteiger partial charge in [0.2, 0.25) is 15.9 Å². The zero-order valence-electron chi connectivity index (χ0n) is 18.5. The quantitative estimate of drug-likeness (QED) is 0.621. The standard InChI is InChI=1S/C25H25N3O4S/c1-3-27-20-13-14-22(18-6-4-7-19(23(18)20)25(27)30)33(31,32)28-15-5-8-21(28)24(29)26-17-11-9-16(2)10-12-17/h4,6-7,9-14,21H,3,5,8,15H2,1-2H3,(H,26,29)/t21-/m1/s1. The Morgan fingerprint density at radius 1 is 1.09 bits per heavy atom. The van der Waals surface area contributed by atoms with Crippen molar-refractivity contribution in [3.63, 3.8) is 0 Å². The predicted octanol–water partition coefficient (Wildman–Crippen LogP) is 3.92. The molecule has 170 valence electrons. The highest BCUT2D eigenvalue weighted by Crippen LogP contribution is 2.41. The molecule has 1 saturated heterocycles. The van der Waals surface area contributed by atoms with Gasteiger partial charge in [0.05, 0.1) is 10.6 Å². The number of aryl methyl sites for hydroxylation is 1. The van der Waals surface area contributed by atoms with Gasteiger partial charge in [-0.2, -0.15) is 4.31 Å². The van der Waals surface area contributed by atoms with E-state index in [0.29, 0.717) is 41.4 Å². The van der Waals surface area contributed by atoms with Crippen molar-refractivity contribution in [3.8, 4) is 0 Å². The summed E-state index contributed by atoms with van der Waals surface area (Å²) in [4.78, 5) is 27.6. The molecule has 3 aromatic rings. The maximum absolute atomic E-state index is 13.8. The van der Waals surface area contributed by atoms with Gasteiger partial charge in [-0.05, 0) is 57.0 Å². The van der Waals surface area contributed by atoms with Crippen molar-refractivity contribution >= 4 is 44.0 Å². The van der Waals surface area contributed by atoms with Crippen LogP contribution in [0.5, 0.6) is 0 Å². The van der Waals surface area contributed by atoms with E-state index in [1.165, 1.54) is 4.31 Å². The summed E-state index contributed by atoms with van der Waals surface area (Å²) in [6.45, 7) is 4.63. The maximum Gasteiger partial charge on any atom is 0.258 e. The van der Waals surface area contributed by atoms with Crippen molar-refractivity contribution < 1.29 is 18.0 Å². The Labute approximate surface area is 193 Å². The average molecular weight is 464 g/mol. The van der Waals surface area contributed by atoms with Gasteiger partial charge in [0.1, 0.15) is 6.04 Å². The first-order valence-corrected chi connectivity index (χ1v) is 12.5. The van der Waals surface area contributed by atoms with Crippen LogP contribution in [0.3, 0.4) is 0 Å². The third-order valence-corrected chi connectivity index (χ3v) is 8.44. The summed E-state index contributed by atoms with van der Waals surface area (Å²) in [6, 6.07) is 15.1. The fourth-order valence-electron chi connectivity index (χ4n) is 4.84. The molecule has 1 atom stereocenters. The van der Waals surface area contributed by atoms with Crippen LogP contribution in [0.4, 0.5) is 11.4 Å². The molecule has 3 aromatic carbocycles. The lowest BCUT2D eigenvalue weighted by Gasteiger charge is -2.24. The van der Waals surface area contributed by atoms with Crippen molar-refractivity contribution in [1.82, 2.24) is 4.31 Å². The van der Waals surface area contributed by atoms with Crippen LogP contribution in [0.2, 0.25) is 0 Å². The fourth-order valence-corrected chi connectivity index (χ4v) is 6.68. The molecule has 0 bridgehead atoms. The first-order valence-electron chi connectivity index (χ1n) is 11.1. The maximum atomic E-state index is 13.8. The minimum absolute atomic E-state index is 0.121. The molecule has 2 amide bonds. The Kier molecular flexibility index (Phi) is 5.22. The van der Waals surface area contributed by atoms with E-state index in [1.54, 1.807) is 47.4 Å². The van der Waals surface area contributed by atoms with E-state index >= 15 is 0 Å². The zero-order chi connectivity index (χ0) is 23.3. The number of hydrogen-bond acceptors (Lipinski definition) is 4. The third kappa shape index (κ3) is 3.41. The lowest BCUT2D eigenvalue weighted by Crippen LogP contribution is -2.43. The molecule has 5 rings (SSSR count). The van der Waals surface area contributed by atoms with Gasteiger partial charge in [0, 0.05) is 35.1 Å². The highest BCUT2D eigenvalue weighted by Gasteiger charge is 2.41. The van der Waals surface area contributed by atoms with Crippen LogP contribution < -0.4 is 10.2 Å². The fraction of sp³-hybridized carbons (Fsp3) is 0.280. The number of nitrogens with zero attached hydrogens (tertiary/aromatic N) is 2. The molecule has 2 aliphatic heterocycles. The second-order valence-electron chi connectivity index (χ2n) is 8.49. The van der Waals surface area contributed by atoms with E-state index in [0.717, 1.165) is 11.3 Å². The number of amides is 2. The number of hydrogen-bond donors (Lipinski definition) is 1. The minimum Gasteiger partial charge on any atom is -0.325 e. The van der Waals surface area contributed by atoms with Crippen LogP contribution in [0.15, 0.2) is 59.5 Å². The Balaban J connectivity index is 1.52. The largest absolute Gasteiger partial charge is 0.325 e. The molecule has 0 saturated carbocycles. The zero-order valence-corrected chi connectivity index (χ0v) is 19.4. The molecular weight excluding hydrogens is 438 g/mol. The van der Waals surface area contributed by atoms with Gasteiger partial charge in [-0.1, -0.05) is 29.8 Å². The summed E-state index contributed by atoms with van der Waals surface area (Å²) in [7, 11) is -3.96. The van der Waals surface area contributed by atoms with Crippen LogP contribution in [0.1, 0.15) is 35.7 Å². The molecule has 2 heterocycles. The van der Waals surface area contributed by atoms with Gasteiger partial charge in [0.25, 0.3) is 5.91 Å². The summed E-state index contributed by atoms with van der Waals surface area (Å²) in [5.74, 6) is -0.456. The smallest absolute Gasteiger partial charge is 0.258 e. The predicted molar refractivity (Wildman–Crippen MR) is 128 cm³/mol. The summed E-state index contributed by atoms with van der Waals surface area (Å²) in [6.07, 6.45) is 1.06. The molecule has 1 N–H and O–H groups in total. The van der Waals surface area contributed by atoms with Gasteiger partial charge in [-0.3, -0.25) is 9.59 Å². The molecule has 0 aliphatic carbocycles. The van der Waals surface area contributed by atoms with Crippen LogP contribution >= 0.6 is 0 Å². The van der Waals surface area contributed by atoms with Crippen LogP contribution in [0, 0.1) is 6.92 Å². The topological polar surface area (TPSA) is 86.8 Å². The number of carbonyl (C=O) groups excluding carboxylic acids is 2. The van der Waals surface area contributed by atoms with Crippen molar-refractivity contribution in [2.45, 2.75) is 37.6 Å². The second-order valence-corrected chi connectivity index (χ2v) is 10.3. The van der Waals surface area contributed by atoms with Crippen molar-refractivity contribution in [3.05, 3.63) is 65.7 Å². The Morgan fingerprint density at radius 2 is 1.85 bits per heavy atom. The SMILES string of the molecule is CCN1C(=O)c2cccc3c(S(=O)(=O)N4CCC[C@@H]4C(=O)Nc4ccc(C)cc4)ccc1c23. The molecule has 7 nitrogen and oxygen atoms in total. The lowest BCUT2D eigenvalue weighted by atomic mass is 10.1. The van der Waals surface area contributed by atoms with Gasteiger partial charge in [0.15, 0.2) is 0 Å². The lowest BCUT2D eigenvalue weighted by molar-refractivity contribution is -0.119. The third-order valence-electron chi connectivity index (χ3n) is 6.47. The minimum atomic E-state index is -3.96. The molecule has 33 heavy (non-hydrogen) atoms. The second kappa shape index (κ2) is 7.97. The Hall–Kier alpha value is -3.23. The molecule has 0 spiro atoms. The van der Waals surface area contributed by atoms with E-state index in [-0.39, 0.29) is 23.3 Å². The van der Waals surface area contributed by atoms with E-state index < -0.39 is 16.1 Å². The molecule has 8 heteroatoms. The van der Waals surface area contributed by atoms with Crippen molar-refractivity contribution in [1.29, 1.82) is 0 Å². The number of anilines is 2. The van der Waals surface area contributed by atoms with Crippen molar-refractivity contribution in [2.24, 2.45) is 0 Å². The number of rotatable bonds is 5. The highest BCUT2D eigenvalue weighted by molar-refractivity contribution is 7.89. The number of sulfonamides is 1. The molecule has 2 aliphatic rings. The van der Waals surface area contributed by atoms with Gasteiger partial charge in [-0.25, -0.2) is 8.42 Å². The average Bonchev–Trinajstić information content (AvgIpc) is 3.41. The summed E-state index contributed by atoms with van der Waals surface area (Å²) in [5.41, 5.74) is 2.95. The van der Waals surface area contributed by atoms with Crippen LogP contribution in [0.25, 0.3) is 10.8 Å². The molecule has 1 fully saturated rings. The molecule has 0 unspecified atom stereocenters. The summed E-state index contributed by atoms with van der Waals surface area (Å²) < 4.78 is 28.9. The van der Waals surface area contributed by atoms with Crippen LogP contribution in [-0.4, -0.2) is 43.7 Å². The first kappa shape index (κ1) is 21.6. The summed E-state index contributed by atoms with van der Waals surface area (Å²) in [5, 5.41) is 4.02. The molecule has 0 aromatic heterocycles. The number of carbonyl (C=O) groups is 2. The Bertz CT molecular complexity index is 1380. The monoisotopic (exact) mass is 463 g/mol. The number of benzene rings is 3. The molecule has 0 radical (unpaired) electrons. The highest BCUT2D eigenvalue weighted by atomic mass is 32.2. The van der Waals surface area contributed by atoms with Gasteiger partial charge < -0.3 is 10.2 Å². The van der Waals surface area contributed by atoms with Gasteiger partial charge >= 0.3 is 0 Å². The van der Waals surface area contributed by atoms with Crippen molar-refractivity contribution in [2.75, 3.05) is 23.3 Å². The number of nitrogens with one attached hydrogen (secondary N) is 1. The normalized spacial score (nSPS) is 18.3. The van der Waals surface area contributed by atoms with E-state index in [9.17, 15) is 18.0 Å². The Morgan fingerprint density at radius 3 is 2.58 bits per heavy atom. The van der Waals surface area contributed by atoms with E-state index in [2.05, 4.69) is 5.32 Å². The van der Waals surface area contributed by atoms with Gasteiger partial charge in [-0.15, -0.1) is 0 Å². The van der Waals surface area contributed by atoms with Crippen LogP contribution in [-0.2, 0) is 14.8 Å². The summed E-state index contributed by atoms with van der Waals surface area (Å²) >= 11 is 0. The first-order chi connectivity index (χ1) is 15.8. The van der Waals surface area contributed by atoms with E-state index in [1.807, 2.05) is 26.0 Å². The van der Waals surface area contributed by atoms with E-state index in [4.69, 9.17) is 0 Å². The molecular formula is C25H25N3O4S.